The highest BCUT2D eigenvalue weighted by atomic mass is 32.2. The summed E-state index contributed by atoms with van der Waals surface area (Å²) in [6.45, 7) is 6.76. The van der Waals surface area contributed by atoms with Crippen LogP contribution in [0.1, 0.15) is 34.1 Å². The lowest BCUT2D eigenvalue weighted by Crippen LogP contribution is -2.58. The number of carbonyl (C=O) groups is 2. The minimum absolute atomic E-state index is 0.343. The fraction of sp³-hybridized carbons (Fsp3) is 0.667. The third kappa shape index (κ3) is 4.92. The number of nitrogens with one attached hydrogen (secondary N) is 1. The van der Waals surface area contributed by atoms with Gasteiger partial charge in [0.25, 0.3) is 10.0 Å². The Kier molecular flexibility index (Phi) is 4.57. The van der Waals surface area contributed by atoms with Crippen LogP contribution in [-0.2, 0) is 14.8 Å². The molecule has 1 fully saturated rings. The Bertz CT molecular complexity index is 563. The summed E-state index contributed by atoms with van der Waals surface area (Å²) in [7, 11) is -4.04. The van der Waals surface area contributed by atoms with Crippen LogP contribution in [0.4, 0.5) is 9.59 Å². The van der Waals surface area contributed by atoms with Crippen LogP contribution in [0.15, 0.2) is 11.5 Å². The Hall–Kier alpha value is -1.77. The third-order valence-electron chi connectivity index (χ3n) is 2.92. The van der Waals surface area contributed by atoms with Crippen molar-refractivity contribution in [2.45, 2.75) is 45.3 Å². The van der Waals surface area contributed by atoms with Crippen LogP contribution in [-0.4, -0.2) is 48.3 Å². The molecule has 1 atom stereocenters. The second-order valence-corrected chi connectivity index (χ2v) is 7.56. The molecule has 2 amide bonds. The van der Waals surface area contributed by atoms with Crippen molar-refractivity contribution in [2.24, 2.45) is 0 Å². The minimum Gasteiger partial charge on any atom is -0.465 e. The highest BCUT2D eigenvalue weighted by Crippen LogP contribution is 2.31. The van der Waals surface area contributed by atoms with Crippen LogP contribution in [0.3, 0.4) is 0 Å². The van der Waals surface area contributed by atoms with Gasteiger partial charge in [0.2, 0.25) is 0 Å². The fourth-order valence-electron chi connectivity index (χ4n) is 1.75. The standard InChI is InChI=1S/C12H20N2O6S/c1-11(2,3)20-9(15)13-21(18,19)8-6-12(4)5-7-14(12)10(16)17/h6,8H,5,7H2,1-4H3,(H,13,15)(H,16,17)/b8-6+/t12-/m0/s1. The number of nitrogens with zero attached hydrogens (tertiary/aromatic N) is 1. The van der Waals surface area contributed by atoms with E-state index in [9.17, 15) is 18.0 Å². The number of hydrogen-bond acceptors (Lipinski definition) is 5. The Morgan fingerprint density at radius 3 is 2.33 bits per heavy atom. The summed E-state index contributed by atoms with van der Waals surface area (Å²) in [6.07, 6.45) is -0.443. The Morgan fingerprint density at radius 2 is 1.95 bits per heavy atom. The first-order chi connectivity index (χ1) is 9.35. The molecule has 0 spiro atoms. The molecule has 1 rings (SSSR count). The number of ether oxygens (including phenoxy) is 1. The molecule has 0 aromatic carbocycles. The van der Waals surface area contributed by atoms with E-state index in [1.807, 2.05) is 0 Å². The van der Waals surface area contributed by atoms with Gasteiger partial charge in [-0.3, -0.25) is 4.90 Å². The maximum atomic E-state index is 11.7. The summed E-state index contributed by atoms with van der Waals surface area (Å²) in [5.41, 5.74) is -1.70. The molecular formula is C12H20N2O6S. The monoisotopic (exact) mass is 320 g/mol. The van der Waals surface area contributed by atoms with Gasteiger partial charge in [0.15, 0.2) is 0 Å². The first-order valence-corrected chi connectivity index (χ1v) is 7.85. The summed E-state index contributed by atoms with van der Waals surface area (Å²) >= 11 is 0. The van der Waals surface area contributed by atoms with E-state index in [1.165, 1.54) is 6.08 Å². The van der Waals surface area contributed by atoms with Crippen LogP contribution >= 0.6 is 0 Å². The summed E-state index contributed by atoms with van der Waals surface area (Å²) in [5.74, 6) is 0. The van der Waals surface area contributed by atoms with Crippen molar-refractivity contribution in [1.29, 1.82) is 0 Å². The molecular weight excluding hydrogens is 300 g/mol. The number of sulfonamides is 1. The number of carbonyl (C=O) groups excluding carboxylic acids is 1. The van der Waals surface area contributed by atoms with E-state index in [2.05, 4.69) is 0 Å². The zero-order valence-electron chi connectivity index (χ0n) is 12.4. The SMILES string of the molecule is CC(C)(C)OC(=O)NS(=O)(=O)/C=C/[C@]1(C)CCN1C(=O)O. The Balaban J connectivity index is 2.71. The van der Waals surface area contributed by atoms with Crippen molar-refractivity contribution in [3.8, 4) is 0 Å². The first-order valence-electron chi connectivity index (χ1n) is 6.30. The van der Waals surface area contributed by atoms with Gasteiger partial charge in [-0.25, -0.2) is 22.7 Å². The molecule has 2 N–H and O–H groups in total. The molecule has 1 aliphatic heterocycles. The summed E-state index contributed by atoms with van der Waals surface area (Å²) in [4.78, 5) is 23.4. The fourth-order valence-corrected chi connectivity index (χ4v) is 2.56. The average Bonchev–Trinajstić information content (AvgIpc) is 2.19. The van der Waals surface area contributed by atoms with Crippen LogP contribution < -0.4 is 4.72 Å². The third-order valence-corrected chi connectivity index (χ3v) is 3.87. The zero-order chi connectivity index (χ0) is 16.5. The summed E-state index contributed by atoms with van der Waals surface area (Å²) in [5, 5.41) is 9.71. The molecule has 0 radical (unpaired) electrons. The van der Waals surface area contributed by atoms with Gasteiger partial charge >= 0.3 is 12.2 Å². The minimum atomic E-state index is -4.04. The predicted octanol–water partition coefficient (Wildman–Crippen LogP) is 1.50. The molecule has 21 heavy (non-hydrogen) atoms. The number of likely N-dealkylation sites (tertiary alicyclic amines) is 1. The largest absolute Gasteiger partial charge is 0.465 e. The van der Waals surface area contributed by atoms with E-state index in [0.717, 1.165) is 10.3 Å². The van der Waals surface area contributed by atoms with Crippen molar-refractivity contribution in [1.82, 2.24) is 9.62 Å². The lowest BCUT2D eigenvalue weighted by molar-refractivity contribution is 0.0428. The van der Waals surface area contributed by atoms with Crippen molar-refractivity contribution in [2.75, 3.05) is 6.54 Å². The van der Waals surface area contributed by atoms with E-state index in [0.29, 0.717) is 13.0 Å². The Morgan fingerprint density at radius 1 is 1.38 bits per heavy atom. The van der Waals surface area contributed by atoms with Crippen molar-refractivity contribution in [3.05, 3.63) is 11.5 Å². The topological polar surface area (TPSA) is 113 Å². The maximum Gasteiger partial charge on any atom is 0.421 e. The zero-order valence-corrected chi connectivity index (χ0v) is 13.2. The maximum absolute atomic E-state index is 11.7. The van der Waals surface area contributed by atoms with E-state index >= 15 is 0 Å². The van der Waals surface area contributed by atoms with Gasteiger partial charge in [-0.05, 0) is 40.2 Å². The first kappa shape index (κ1) is 17.3. The van der Waals surface area contributed by atoms with Gasteiger partial charge in [-0.15, -0.1) is 0 Å². The molecule has 9 heteroatoms. The normalized spacial score (nSPS) is 22.8. The van der Waals surface area contributed by atoms with Gasteiger partial charge in [-0.2, -0.15) is 0 Å². The number of amides is 2. The van der Waals surface area contributed by atoms with Crippen LogP contribution in [0.5, 0.6) is 0 Å². The number of carboxylic acid groups (broad SMARTS) is 1. The Labute approximate surface area is 123 Å². The number of hydrogen-bond donors (Lipinski definition) is 2. The smallest absolute Gasteiger partial charge is 0.421 e. The molecule has 8 nitrogen and oxygen atoms in total. The molecule has 0 aromatic heterocycles. The molecule has 1 heterocycles. The van der Waals surface area contributed by atoms with E-state index in [-0.39, 0.29) is 0 Å². The molecule has 1 saturated heterocycles. The molecule has 0 saturated carbocycles. The second kappa shape index (κ2) is 5.55. The molecule has 0 bridgehead atoms. The highest BCUT2D eigenvalue weighted by molar-refractivity contribution is 7.92. The van der Waals surface area contributed by atoms with E-state index < -0.39 is 33.3 Å². The summed E-state index contributed by atoms with van der Waals surface area (Å²) < 4.78 is 30.0. The second-order valence-electron chi connectivity index (χ2n) is 5.99. The van der Waals surface area contributed by atoms with Crippen molar-refractivity contribution < 1.29 is 27.9 Å². The lowest BCUT2D eigenvalue weighted by atomic mass is 9.87. The molecule has 0 aromatic rings. The average molecular weight is 320 g/mol. The van der Waals surface area contributed by atoms with Crippen LogP contribution in [0.25, 0.3) is 0 Å². The van der Waals surface area contributed by atoms with E-state index in [4.69, 9.17) is 9.84 Å². The van der Waals surface area contributed by atoms with Gasteiger partial charge in [0, 0.05) is 12.0 Å². The van der Waals surface area contributed by atoms with E-state index in [1.54, 1.807) is 32.4 Å². The number of rotatable bonds is 3. The van der Waals surface area contributed by atoms with Crippen molar-refractivity contribution >= 4 is 22.2 Å². The quantitative estimate of drug-likeness (QED) is 0.814. The molecule has 1 aliphatic rings. The molecule has 0 aliphatic carbocycles. The van der Waals surface area contributed by atoms with Crippen molar-refractivity contribution in [3.63, 3.8) is 0 Å². The highest BCUT2D eigenvalue weighted by Gasteiger charge is 2.42. The van der Waals surface area contributed by atoms with Gasteiger partial charge < -0.3 is 9.84 Å². The molecule has 0 unspecified atom stereocenters. The van der Waals surface area contributed by atoms with Gasteiger partial charge in [0.1, 0.15) is 5.60 Å². The predicted molar refractivity (Wildman–Crippen MR) is 75.2 cm³/mol. The molecule has 120 valence electrons. The van der Waals surface area contributed by atoms with Crippen LogP contribution in [0.2, 0.25) is 0 Å². The van der Waals surface area contributed by atoms with Crippen LogP contribution in [0, 0.1) is 0 Å². The lowest BCUT2D eigenvalue weighted by Gasteiger charge is -2.46. The summed E-state index contributed by atoms with van der Waals surface area (Å²) in [6, 6.07) is 0. The van der Waals surface area contributed by atoms with Gasteiger partial charge in [-0.1, -0.05) is 0 Å². The van der Waals surface area contributed by atoms with Gasteiger partial charge in [0.05, 0.1) is 5.54 Å².